The Balaban J connectivity index is 1.60. The van der Waals surface area contributed by atoms with Crippen molar-refractivity contribution in [2.45, 2.75) is 32.4 Å². The van der Waals surface area contributed by atoms with Gasteiger partial charge < -0.3 is 14.8 Å². The highest BCUT2D eigenvalue weighted by molar-refractivity contribution is 6.05. The second-order valence-electron chi connectivity index (χ2n) is 7.31. The van der Waals surface area contributed by atoms with Gasteiger partial charge in [-0.2, -0.15) is 0 Å². The van der Waals surface area contributed by atoms with E-state index in [0.29, 0.717) is 30.3 Å². The van der Waals surface area contributed by atoms with E-state index in [-0.39, 0.29) is 11.8 Å². The topological polar surface area (TPSA) is 67.2 Å². The number of rotatable bonds is 5. The zero-order valence-corrected chi connectivity index (χ0v) is 16.5. The van der Waals surface area contributed by atoms with Gasteiger partial charge in [-0.3, -0.25) is 9.59 Å². The number of hydrogen-bond acceptors (Lipinski definition) is 3. The number of carbonyl (C=O) groups excluding carboxylic acids is 2. The van der Waals surface area contributed by atoms with Gasteiger partial charge in [0.25, 0.3) is 11.8 Å². The summed E-state index contributed by atoms with van der Waals surface area (Å²) in [6.45, 7) is 1.20. The standard InChI is InChI=1S/C23H24N4O2/c1-26(16-17-10-4-2-5-11-17)23(29)21-25-20(19-14-8-9-15-27(19)21)22(28)24-18-12-6-3-7-13-18/h2-7,10-13H,8-9,14-16H2,1H3,(H,24,28). The molecule has 0 radical (unpaired) electrons. The van der Waals surface area contributed by atoms with E-state index in [1.54, 1.807) is 11.9 Å². The Labute approximate surface area is 170 Å². The number of benzene rings is 2. The number of carbonyl (C=O) groups is 2. The average molecular weight is 388 g/mol. The van der Waals surface area contributed by atoms with Crippen LogP contribution in [-0.4, -0.2) is 33.3 Å². The third kappa shape index (κ3) is 4.06. The van der Waals surface area contributed by atoms with E-state index in [0.717, 1.165) is 30.5 Å². The monoisotopic (exact) mass is 388 g/mol. The molecule has 2 aromatic carbocycles. The lowest BCUT2D eigenvalue weighted by Crippen LogP contribution is -2.30. The highest BCUT2D eigenvalue weighted by Crippen LogP contribution is 2.23. The molecular formula is C23H24N4O2. The Bertz CT molecular complexity index is 1010. The smallest absolute Gasteiger partial charge is 0.289 e. The molecule has 0 unspecified atom stereocenters. The van der Waals surface area contributed by atoms with E-state index in [1.807, 2.05) is 65.2 Å². The summed E-state index contributed by atoms with van der Waals surface area (Å²) in [4.78, 5) is 32.2. The summed E-state index contributed by atoms with van der Waals surface area (Å²) in [7, 11) is 1.77. The van der Waals surface area contributed by atoms with Crippen LogP contribution in [0, 0.1) is 0 Å². The first-order valence-electron chi connectivity index (χ1n) is 9.88. The van der Waals surface area contributed by atoms with Crippen molar-refractivity contribution in [2.24, 2.45) is 0 Å². The van der Waals surface area contributed by atoms with Crippen LogP contribution in [0.15, 0.2) is 60.7 Å². The molecule has 2 heterocycles. The first-order valence-corrected chi connectivity index (χ1v) is 9.88. The Morgan fingerprint density at radius 1 is 1.03 bits per heavy atom. The van der Waals surface area contributed by atoms with E-state index >= 15 is 0 Å². The van der Waals surface area contributed by atoms with Gasteiger partial charge in [-0.05, 0) is 37.0 Å². The van der Waals surface area contributed by atoms with Crippen molar-refractivity contribution in [3.63, 3.8) is 0 Å². The molecule has 0 saturated carbocycles. The number of amides is 2. The molecule has 0 fully saturated rings. The SMILES string of the molecule is CN(Cc1ccccc1)C(=O)c1nc(C(=O)Nc2ccccc2)c2n1CCCC2. The Morgan fingerprint density at radius 2 is 1.72 bits per heavy atom. The number of hydrogen-bond donors (Lipinski definition) is 1. The average Bonchev–Trinajstić information content (AvgIpc) is 3.14. The summed E-state index contributed by atoms with van der Waals surface area (Å²) in [5.41, 5.74) is 2.96. The summed E-state index contributed by atoms with van der Waals surface area (Å²) in [6, 6.07) is 19.1. The van der Waals surface area contributed by atoms with Crippen molar-refractivity contribution in [3.8, 4) is 0 Å². The van der Waals surface area contributed by atoms with Gasteiger partial charge in [0.05, 0.1) is 5.69 Å². The van der Waals surface area contributed by atoms with Crippen molar-refractivity contribution in [3.05, 3.63) is 83.4 Å². The molecule has 6 heteroatoms. The summed E-state index contributed by atoms with van der Waals surface area (Å²) >= 11 is 0. The lowest BCUT2D eigenvalue weighted by Gasteiger charge is -2.20. The van der Waals surface area contributed by atoms with E-state index in [2.05, 4.69) is 10.3 Å². The largest absolute Gasteiger partial charge is 0.335 e. The van der Waals surface area contributed by atoms with Crippen LogP contribution < -0.4 is 5.32 Å². The van der Waals surface area contributed by atoms with Gasteiger partial charge in [0.1, 0.15) is 0 Å². The van der Waals surface area contributed by atoms with Gasteiger partial charge in [0, 0.05) is 25.8 Å². The number of para-hydroxylation sites is 1. The Hall–Kier alpha value is -3.41. The van der Waals surface area contributed by atoms with Crippen molar-refractivity contribution in [2.75, 3.05) is 12.4 Å². The van der Waals surface area contributed by atoms with Crippen LogP contribution in [0.2, 0.25) is 0 Å². The van der Waals surface area contributed by atoms with Gasteiger partial charge in [-0.15, -0.1) is 0 Å². The second kappa shape index (κ2) is 8.31. The lowest BCUT2D eigenvalue weighted by atomic mass is 10.1. The van der Waals surface area contributed by atoms with Crippen LogP contribution >= 0.6 is 0 Å². The number of aromatic nitrogens is 2. The maximum Gasteiger partial charge on any atom is 0.289 e. The fraction of sp³-hybridized carbons (Fsp3) is 0.261. The highest BCUT2D eigenvalue weighted by atomic mass is 16.2. The zero-order chi connectivity index (χ0) is 20.2. The summed E-state index contributed by atoms with van der Waals surface area (Å²) < 4.78 is 1.92. The van der Waals surface area contributed by atoms with Crippen molar-refractivity contribution < 1.29 is 9.59 Å². The number of nitrogens with zero attached hydrogens (tertiary/aromatic N) is 3. The summed E-state index contributed by atoms with van der Waals surface area (Å²) in [5.74, 6) is -0.0984. The predicted octanol–water partition coefficient (Wildman–Crippen LogP) is 3.74. The van der Waals surface area contributed by atoms with E-state index in [1.165, 1.54) is 0 Å². The number of imidazole rings is 1. The van der Waals surface area contributed by atoms with Crippen LogP contribution in [0.1, 0.15) is 45.2 Å². The molecule has 1 N–H and O–H groups in total. The highest BCUT2D eigenvalue weighted by Gasteiger charge is 2.29. The third-order valence-electron chi connectivity index (χ3n) is 5.17. The molecular weight excluding hydrogens is 364 g/mol. The van der Waals surface area contributed by atoms with Gasteiger partial charge in [-0.1, -0.05) is 48.5 Å². The fourth-order valence-corrected chi connectivity index (χ4v) is 3.70. The molecule has 29 heavy (non-hydrogen) atoms. The molecule has 0 saturated heterocycles. The summed E-state index contributed by atoms with van der Waals surface area (Å²) in [5, 5.41) is 2.89. The van der Waals surface area contributed by atoms with Crippen molar-refractivity contribution in [1.82, 2.24) is 14.5 Å². The maximum absolute atomic E-state index is 13.1. The second-order valence-corrected chi connectivity index (χ2v) is 7.31. The molecule has 1 aromatic heterocycles. The first kappa shape index (κ1) is 18.9. The molecule has 1 aliphatic heterocycles. The quantitative estimate of drug-likeness (QED) is 0.724. The van der Waals surface area contributed by atoms with Gasteiger partial charge in [0.15, 0.2) is 11.5 Å². The molecule has 2 amide bonds. The van der Waals surface area contributed by atoms with Crippen LogP contribution in [0.25, 0.3) is 0 Å². The zero-order valence-electron chi connectivity index (χ0n) is 16.5. The van der Waals surface area contributed by atoms with Crippen LogP contribution in [0.5, 0.6) is 0 Å². The fourth-order valence-electron chi connectivity index (χ4n) is 3.70. The Kier molecular flexibility index (Phi) is 5.42. The van der Waals surface area contributed by atoms with Crippen molar-refractivity contribution in [1.29, 1.82) is 0 Å². The predicted molar refractivity (Wildman–Crippen MR) is 112 cm³/mol. The number of nitrogens with one attached hydrogen (secondary N) is 1. The van der Waals surface area contributed by atoms with Gasteiger partial charge >= 0.3 is 0 Å². The van der Waals surface area contributed by atoms with Crippen LogP contribution in [0.4, 0.5) is 5.69 Å². The van der Waals surface area contributed by atoms with Crippen LogP contribution in [0.3, 0.4) is 0 Å². The maximum atomic E-state index is 13.1. The third-order valence-corrected chi connectivity index (χ3v) is 5.17. The summed E-state index contributed by atoms with van der Waals surface area (Å²) in [6.07, 6.45) is 2.72. The minimum atomic E-state index is -0.272. The van der Waals surface area contributed by atoms with E-state index in [9.17, 15) is 9.59 Å². The van der Waals surface area contributed by atoms with E-state index < -0.39 is 0 Å². The van der Waals surface area contributed by atoms with Gasteiger partial charge in [0.2, 0.25) is 0 Å². The first-order chi connectivity index (χ1) is 14.1. The van der Waals surface area contributed by atoms with Crippen molar-refractivity contribution >= 4 is 17.5 Å². The number of fused-ring (bicyclic) bond motifs is 1. The molecule has 0 atom stereocenters. The molecule has 0 bridgehead atoms. The van der Waals surface area contributed by atoms with E-state index in [4.69, 9.17) is 0 Å². The van der Waals surface area contributed by atoms with Gasteiger partial charge in [-0.25, -0.2) is 4.98 Å². The molecule has 0 spiro atoms. The molecule has 4 rings (SSSR count). The molecule has 3 aromatic rings. The minimum absolute atomic E-state index is 0.171. The lowest BCUT2D eigenvalue weighted by molar-refractivity contribution is 0.0766. The molecule has 148 valence electrons. The minimum Gasteiger partial charge on any atom is -0.335 e. The molecule has 0 aliphatic carbocycles. The molecule has 6 nitrogen and oxygen atoms in total. The Morgan fingerprint density at radius 3 is 2.45 bits per heavy atom. The number of anilines is 1. The molecule has 1 aliphatic rings. The normalized spacial score (nSPS) is 12.9. The van der Waals surface area contributed by atoms with Crippen LogP contribution in [-0.2, 0) is 19.5 Å².